The highest BCUT2D eigenvalue weighted by Gasteiger charge is 2.16. The Hall–Kier alpha value is -1.05. The van der Waals surface area contributed by atoms with E-state index in [0.717, 1.165) is 19.5 Å². The topological polar surface area (TPSA) is 20.3 Å². The molecule has 2 nitrogen and oxygen atoms in total. The lowest BCUT2D eigenvalue weighted by Gasteiger charge is -2.27. The van der Waals surface area contributed by atoms with Crippen molar-refractivity contribution in [2.45, 2.75) is 38.5 Å². The van der Waals surface area contributed by atoms with Crippen LogP contribution in [0.2, 0.25) is 0 Å². The summed E-state index contributed by atoms with van der Waals surface area (Å²) in [6, 6.07) is 0. The second-order valence-corrected chi connectivity index (χ2v) is 5.30. The van der Waals surface area contributed by atoms with Crippen molar-refractivity contribution in [1.29, 1.82) is 0 Å². The molecule has 17 heavy (non-hydrogen) atoms. The number of hydrogen-bond acceptors (Lipinski definition) is 1. The fraction of sp³-hybridized carbons (Fsp3) is 0.667. The van der Waals surface area contributed by atoms with Crippen molar-refractivity contribution in [3.63, 3.8) is 0 Å². The number of hydrogen-bond donors (Lipinski definition) is 0. The van der Waals surface area contributed by atoms with E-state index in [1.165, 1.54) is 38.5 Å². The second-order valence-electron chi connectivity index (χ2n) is 5.30. The lowest BCUT2D eigenvalue weighted by molar-refractivity contribution is -0.119. The Labute approximate surface area is 104 Å². The molecule has 0 radical (unpaired) electrons. The maximum absolute atomic E-state index is 11.1. The monoisotopic (exact) mass is 233 g/mol. The van der Waals surface area contributed by atoms with E-state index in [0.29, 0.717) is 11.8 Å². The van der Waals surface area contributed by atoms with Crippen molar-refractivity contribution in [3.05, 3.63) is 24.3 Å². The zero-order valence-corrected chi connectivity index (χ0v) is 10.6. The Balaban J connectivity index is 1.81. The lowest BCUT2D eigenvalue weighted by Crippen LogP contribution is -2.32. The minimum absolute atomic E-state index is 0.585. The van der Waals surface area contributed by atoms with Crippen LogP contribution >= 0.6 is 0 Å². The quantitative estimate of drug-likeness (QED) is 0.527. The van der Waals surface area contributed by atoms with E-state index in [1.807, 2.05) is 4.90 Å². The molecule has 0 aromatic carbocycles. The summed E-state index contributed by atoms with van der Waals surface area (Å²) in [7, 11) is 0. The first-order chi connectivity index (χ1) is 8.38. The van der Waals surface area contributed by atoms with Crippen LogP contribution in [0, 0.1) is 11.8 Å². The molecule has 1 amide bonds. The molecule has 2 atom stereocenters. The summed E-state index contributed by atoms with van der Waals surface area (Å²) >= 11 is 0. The van der Waals surface area contributed by atoms with E-state index in [2.05, 4.69) is 24.3 Å². The zero-order valence-electron chi connectivity index (χ0n) is 10.6. The highest BCUT2D eigenvalue weighted by atomic mass is 16.1. The predicted octanol–water partition coefficient (Wildman–Crippen LogP) is 3.16. The van der Waals surface area contributed by atoms with Crippen molar-refractivity contribution in [3.8, 4) is 0 Å². The average molecular weight is 233 g/mol. The molecule has 0 N–H and O–H groups in total. The largest absolute Gasteiger partial charge is 0.344 e. The van der Waals surface area contributed by atoms with Crippen LogP contribution in [0.25, 0.3) is 0 Å². The molecule has 0 fully saturated rings. The molecule has 0 bridgehead atoms. The van der Waals surface area contributed by atoms with E-state index in [-0.39, 0.29) is 0 Å². The fourth-order valence-electron chi connectivity index (χ4n) is 2.83. The van der Waals surface area contributed by atoms with Gasteiger partial charge in [0.25, 0.3) is 0 Å². The molecule has 0 saturated heterocycles. The molecule has 0 heterocycles. The normalized spacial score (nSPS) is 28.0. The molecular formula is C15H23NO. The molecule has 2 aliphatic rings. The lowest BCUT2D eigenvalue weighted by atomic mass is 9.93. The van der Waals surface area contributed by atoms with Gasteiger partial charge in [-0.25, -0.2) is 0 Å². The SMILES string of the molecule is O=CN(CC1C=CCCC1)CC1C=CCCC1. The van der Waals surface area contributed by atoms with Crippen molar-refractivity contribution in [2.75, 3.05) is 13.1 Å². The smallest absolute Gasteiger partial charge is 0.209 e. The Morgan fingerprint density at radius 2 is 1.53 bits per heavy atom. The van der Waals surface area contributed by atoms with Crippen LogP contribution in [0.15, 0.2) is 24.3 Å². The highest BCUT2D eigenvalue weighted by Crippen LogP contribution is 2.21. The molecule has 0 spiro atoms. The van der Waals surface area contributed by atoms with E-state index < -0.39 is 0 Å². The molecule has 0 saturated carbocycles. The highest BCUT2D eigenvalue weighted by molar-refractivity contribution is 5.47. The molecule has 2 rings (SSSR count). The number of amides is 1. The van der Waals surface area contributed by atoms with Gasteiger partial charge in [-0.15, -0.1) is 0 Å². The standard InChI is InChI=1S/C15H23NO/c17-13-16(11-14-7-3-1-4-8-14)12-15-9-5-2-6-10-15/h3,5,7,9,13-15H,1-2,4,6,8,10-12H2. The van der Waals surface area contributed by atoms with Crippen molar-refractivity contribution >= 4 is 6.41 Å². The third kappa shape index (κ3) is 4.03. The molecule has 2 unspecified atom stereocenters. The number of carbonyl (C=O) groups is 1. The molecule has 2 aliphatic carbocycles. The van der Waals surface area contributed by atoms with Crippen LogP contribution in [0.4, 0.5) is 0 Å². The number of carbonyl (C=O) groups excluding carboxylic acids is 1. The van der Waals surface area contributed by atoms with Gasteiger partial charge in [-0.2, -0.15) is 0 Å². The molecule has 0 aromatic heterocycles. The first kappa shape index (κ1) is 12.4. The maximum atomic E-state index is 11.1. The number of allylic oxidation sites excluding steroid dienone is 2. The number of nitrogens with zero attached hydrogens (tertiary/aromatic N) is 1. The van der Waals surface area contributed by atoms with Crippen LogP contribution in [-0.4, -0.2) is 24.4 Å². The maximum Gasteiger partial charge on any atom is 0.209 e. The van der Waals surface area contributed by atoms with Gasteiger partial charge < -0.3 is 4.90 Å². The average Bonchev–Trinajstić information content (AvgIpc) is 2.40. The third-order valence-corrected chi connectivity index (χ3v) is 3.80. The van der Waals surface area contributed by atoms with Crippen LogP contribution in [0.3, 0.4) is 0 Å². The van der Waals surface area contributed by atoms with E-state index in [4.69, 9.17) is 0 Å². The summed E-state index contributed by atoms with van der Waals surface area (Å²) in [5.41, 5.74) is 0. The van der Waals surface area contributed by atoms with Gasteiger partial charge in [-0.3, -0.25) is 4.79 Å². The molecular weight excluding hydrogens is 210 g/mol. The minimum atomic E-state index is 0.585. The molecule has 0 aliphatic heterocycles. The zero-order chi connectivity index (χ0) is 11.9. The first-order valence-corrected chi connectivity index (χ1v) is 6.91. The predicted molar refractivity (Wildman–Crippen MR) is 70.6 cm³/mol. The fourth-order valence-corrected chi connectivity index (χ4v) is 2.83. The van der Waals surface area contributed by atoms with Crippen LogP contribution in [0.1, 0.15) is 38.5 Å². The summed E-state index contributed by atoms with van der Waals surface area (Å²) in [6.45, 7) is 1.81. The van der Waals surface area contributed by atoms with Gasteiger partial charge in [0.05, 0.1) is 0 Å². The van der Waals surface area contributed by atoms with Gasteiger partial charge in [-0.05, 0) is 50.4 Å². The van der Waals surface area contributed by atoms with Gasteiger partial charge >= 0.3 is 0 Å². The van der Waals surface area contributed by atoms with Gasteiger partial charge in [0.1, 0.15) is 0 Å². The Morgan fingerprint density at radius 3 is 1.88 bits per heavy atom. The van der Waals surface area contributed by atoms with Gasteiger partial charge in [0, 0.05) is 13.1 Å². The number of rotatable bonds is 5. The van der Waals surface area contributed by atoms with Crippen molar-refractivity contribution < 1.29 is 4.79 Å². The van der Waals surface area contributed by atoms with Crippen LogP contribution < -0.4 is 0 Å². The third-order valence-electron chi connectivity index (χ3n) is 3.80. The van der Waals surface area contributed by atoms with E-state index in [9.17, 15) is 4.79 Å². The molecule has 0 aromatic rings. The summed E-state index contributed by atoms with van der Waals surface area (Å²) in [6.07, 6.45) is 17.6. The summed E-state index contributed by atoms with van der Waals surface area (Å²) in [5, 5.41) is 0. The van der Waals surface area contributed by atoms with Crippen LogP contribution in [0.5, 0.6) is 0 Å². The summed E-state index contributed by atoms with van der Waals surface area (Å²) < 4.78 is 0. The van der Waals surface area contributed by atoms with E-state index in [1.54, 1.807) is 0 Å². The van der Waals surface area contributed by atoms with Crippen LogP contribution in [-0.2, 0) is 4.79 Å². The minimum Gasteiger partial charge on any atom is -0.344 e. The molecule has 94 valence electrons. The molecule has 2 heteroatoms. The van der Waals surface area contributed by atoms with Gasteiger partial charge in [0.2, 0.25) is 6.41 Å². The van der Waals surface area contributed by atoms with Gasteiger partial charge in [0.15, 0.2) is 0 Å². The summed E-state index contributed by atoms with van der Waals surface area (Å²) in [5.74, 6) is 1.17. The van der Waals surface area contributed by atoms with Crippen molar-refractivity contribution in [2.24, 2.45) is 11.8 Å². The second kappa shape index (κ2) is 6.63. The summed E-state index contributed by atoms with van der Waals surface area (Å²) in [4.78, 5) is 13.1. The Morgan fingerprint density at radius 1 is 1.00 bits per heavy atom. The van der Waals surface area contributed by atoms with Gasteiger partial charge in [-0.1, -0.05) is 24.3 Å². The van der Waals surface area contributed by atoms with E-state index >= 15 is 0 Å². The Bertz CT molecular complexity index is 269. The first-order valence-electron chi connectivity index (χ1n) is 6.91. The Kier molecular flexibility index (Phi) is 4.84. The van der Waals surface area contributed by atoms with Crippen molar-refractivity contribution in [1.82, 2.24) is 4.90 Å².